The maximum atomic E-state index is 12.5. The number of halogens is 1. The highest BCUT2D eigenvalue weighted by Crippen LogP contribution is 2.38. The summed E-state index contributed by atoms with van der Waals surface area (Å²) in [7, 11) is 0. The number of hydrogen-bond donors (Lipinski definition) is 1. The van der Waals surface area contributed by atoms with Crippen LogP contribution in [0.15, 0.2) is 53.0 Å². The number of amides is 1. The number of hydrogen-bond acceptors (Lipinski definition) is 4. The fourth-order valence-electron chi connectivity index (χ4n) is 3.84. The largest absolute Gasteiger partial charge is 0.467 e. The van der Waals surface area contributed by atoms with Crippen LogP contribution >= 0.6 is 15.9 Å². The van der Waals surface area contributed by atoms with E-state index in [4.69, 9.17) is 9.47 Å². The molecule has 1 saturated heterocycles. The molecule has 156 valence electrons. The van der Waals surface area contributed by atoms with Gasteiger partial charge in [0, 0.05) is 17.3 Å². The molecular weight excluding hydrogens is 434 g/mol. The molecule has 0 spiro atoms. The molecule has 1 N–H and O–H groups in total. The zero-order valence-corrected chi connectivity index (χ0v) is 18.5. The Labute approximate surface area is 180 Å². The molecule has 2 aromatic carbocycles. The molecule has 2 aromatic rings. The van der Waals surface area contributed by atoms with Crippen molar-refractivity contribution < 1.29 is 19.4 Å². The number of rotatable bonds is 7. The quantitative estimate of drug-likeness (QED) is 0.633. The van der Waals surface area contributed by atoms with E-state index in [2.05, 4.69) is 34.1 Å². The monoisotopic (exact) mass is 461 g/mol. The molecule has 1 fully saturated rings. The number of aliphatic hydroxyl groups is 1. The van der Waals surface area contributed by atoms with Gasteiger partial charge in [-0.25, -0.2) is 4.79 Å². The first-order valence-electron chi connectivity index (χ1n) is 10.1. The predicted octanol–water partition coefficient (Wildman–Crippen LogP) is 4.94. The van der Waals surface area contributed by atoms with Crippen molar-refractivity contribution in [2.45, 2.75) is 51.4 Å². The summed E-state index contributed by atoms with van der Waals surface area (Å²) >= 11 is 3.55. The number of nitrogens with zero attached hydrogens (tertiary/aromatic N) is 1. The molecular formula is C23H28BrNO4. The van der Waals surface area contributed by atoms with E-state index in [0.29, 0.717) is 12.8 Å². The Balaban J connectivity index is 1.86. The number of carbonyl (C=O) groups excluding carboxylic acids is 1. The Morgan fingerprint density at radius 2 is 1.97 bits per heavy atom. The van der Waals surface area contributed by atoms with Crippen LogP contribution in [0.2, 0.25) is 0 Å². The van der Waals surface area contributed by atoms with Gasteiger partial charge in [-0.3, -0.25) is 4.90 Å². The van der Waals surface area contributed by atoms with Crippen molar-refractivity contribution in [3.63, 3.8) is 0 Å². The molecule has 0 saturated carbocycles. The van der Waals surface area contributed by atoms with Gasteiger partial charge in [0.2, 0.25) is 0 Å². The number of β-amino-alcohol motifs (C(OH)–C–C–N with tert-alkyl or cyclic N) is 1. The third-order valence-electron chi connectivity index (χ3n) is 5.33. The SMILES string of the molecule is CCOC(=O)N1CC(O)CC1(CC)Oc1ccc(Br)cc1CCc1ccccc1. The maximum absolute atomic E-state index is 12.5. The van der Waals surface area contributed by atoms with Crippen LogP contribution in [0.5, 0.6) is 5.75 Å². The summed E-state index contributed by atoms with van der Waals surface area (Å²) in [5, 5.41) is 10.3. The first-order valence-corrected chi connectivity index (χ1v) is 10.9. The summed E-state index contributed by atoms with van der Waals surface area (Å²) in [6, 6.07) is 16.2. The van der Waals surface area contributed by atoms with Gasteiger partial charge in [-0.2, -0.15) is 0 Å². The highest BCUT2D eigenvalue weighted by Gasteiger charge is 2.49. The molecule has 2 atom stereocenters. The lowest BCUT2D eigenvalue weighted by Gasteiger charge is -2.37. The minimum Gasteiger partial charge on any atom is -0.467 e. The van der Waals surface area contributed by atoms with Gasteiger partial charge in [0.05, 0.1) is 19.3 Å². The Hall–Kier alpha value is -2.05. The molecule has 0 aliphatic carbocycles. The summed E-state index contributed by atoms with van der Waals surface area (Å²) in [6.07, 6.45) is 1.52. The van der Waals surface area contributed by atoms with Gasteiger partial charge >= 0.3 is 6.09 Å². The molecule has 1 aliphatic rings. The molecule has 5 nitrogen and oxygen atoms in total. The first-order chi connectivity index (χ1) is 14.0. The third kappa shape index (κ3) is 5.11. The minimum atomic E-state index is -0.916. The molecule has 6 heteroatoms. The van der Waals surface area contributed by atoms with Crippen LogP contribution < -0.4 is 4.74 Å². The van der Waals surface area contributed by atoms with Crippen molar-refractivity contribution >= 4 is 22.0 Å². The second-order valence-corrected chi connectivity index (χ2v) is 8.22. The van der Waals surface area contributed by atoms with E-state index < -0.39 is 17.9 Å². The lowest BCUT2D eigenvalue weighted by Crippen LogP contribution is -2.51. The molecule has 0 aromatic heterocycles. The summed E-state index contributed by atoms with van der Waals surface area (Å²) < 4.78 is 12.7. The summed E-state index contributed by atoms with van der Waals surface area (Å²) in [5.74, 6) is 0.731. The highest BCUT2D eigenvalue weighted by atomic mass is 79.9. The standard InChI is InChI=1S/C23H28BrNO4/c1-3-23(15-20(26)16-25(23)22(27)28-4-2)29-21-13-12-19(24)14-18(21)11-10-17-8-6-5-7-9-17/h5-9,12-14,20,26H,3-4,10-11,15-16H2,1-2H3. The van der Waals surface area contributed by atoms with Crippen LogP contribution in [0.4, 0.5) is 4.79 Å². The van der Waals surface area contributed by atoms with E-state index in [1.807, 2.05) is 37.3 Å². The van der Waals surface area contributed by atoms with E-state index in [9.17, 15) is 9.90 Å². The number of carbonyl (C=O) groups is 1. The van der Waals surface area contributed by atoms with Crippen molar-refractivity contribution in [3.05, 3.63) is 64.1 Å². The molecule has 3 rings (SSSR count). The van der Waals surface area contributed by atoms with E-state index in [-0.39, 0.29) is 13.2 Å². The van der Waals surface area contributed by atoms with Gasteiger partial charge in [0.25, 0.3) is 0 Å². The van der Waals surface area contributed by atoms with Crippen molar-refractivity contribution in [3.8, 4) is 5.75 Å². The number of likely N-dealkylation sites (tertiary alicyclic amines) is 1. The average molecular weight is 462 g/mol. The molecule has 2 unspecified atom stereocenters. The van der Waals surface area contributed by atoms with Gasteiger partial charge in [0.15, 0.2) is 5.72 Å². The fraction of sp³-hybridized carbons (Fsp3) is 0.435. The number of aliphatic hydroxyl groups excluding tert-OH is 1. The Kier molecular flexibility index (Phi) is 7.19. The summed E-state index contributed by atoms with van der Waals surface area (Å²) in [6.45, 7) is 4.23. The van der Waals surface area contributed by atoms with Gasteiger partial charge < -0.3 is 14.6 Å². The van der Waals surface area contributed by atoms with Crippen LogP contribution in [0, 0.1) is 0 Å². The molecule has 1 amide bonds. The molecule has 0 radical (unpaired) electrons. The highest BCUT2D eigenvalue weighted by molar-refractivity contribution is 9.10. The van der Waals surface area contributed by atoms with Crippen LogP contribution in [-0.2, 0) is 17.6 Å². The van der Waals surface area contributed by atoms with Crippen LogP contribution in [-0.4, -0.2) is 41.1 Å². The Morgan fingerprint density at radius 1 is 1.21 bits per heavy atom. The number of aryl methyl sites for hydroxylation is 2. The topological polar surface area (TPSA) is 59.0 Å². The van der Waals surface area contributed by atoms with Crippen molar-refractivity contribution in [2.75, 3.05) is 13.2 Å². The van der Waals surface area contributed by atoms with Gasteiger partial charge in [-0.05, 0) is 49.1 Å². The fourth-order valence-corrected chi connectivity index (χ4v) is 4.25. The third-order valence-corrected chi connectivity index (χ3v) is 5.82. The lowest BCUT2D eigenvalue weighted by molar-refractivity contribution is -0.0534. The van der Waals surface area contributed by atoms with E-state index in [0.717, 1.165) is 28.6 Å². The van der Waals surface area contributed by atoms with Crippen LogP contribution in [0.3, 0.4) is 0 Å². The summed E-state index contributed by atoms with van der Waals surface area (Å²) in [4.78, 5) is 14.0. The smallest absolute Gasteiger partial charge is 0.412 e. The number of ether oxygens (including phenoxy) is 2. The Morgan fingerprint density at radius 3 is 2.66 bits per heavy atom. The van der Waals surface area contributed by atoms with Crippen LogP contribution in [0.25, 0.3) is 0 Å². The molecule has 29 heavy (non-hydrogen) atoms. The van der Waals surface area contributed by atoms with E-state index in [1.165, 1.54) is 10.5 Å². The first kappa shape index (κ1) is 21.7. The predicted molar refractivity (Wildman–Crippen MR) is 116 cm³/mol. The summed E-state index contributed by atoms with van der Waals surface area (Å²) in [5.41, 5.74) is 1.40. The lowest BCUT2D eigenvalue weighted by atomic mass is 10.0. The van der Waals surface area contributed by atoms with Crippen molar-refractivity contribution in [2.24, 2.45) is 0 Å². The number of benzene rings is 2. The average Bonchev–Trinajstić information content (AvgIpc) is 3.06. The second kappa shape index (κ2) is 9.63. The molecule has 1 heterocycles. The van der Waals surface area contributed by atoms with E-state index >= 15 is 0 Å². The molecule has 1 aliphatic heterocycles. The molecule has 0 bridgehead atoms. The van der Waals surface area contributed by atoms with E-state index in [1.54, 1.807) is 6.92 Å². The van der Waals surface area contributed by atoms with Crippen molar-refractivity contribution in [1.29, 1.82) is 0 Å². The minimum absolute atomic E-state index is 0.211. The van der Waals surface area contributed by atoms with Gasteiger partial charge in [0.1, 0.15) is 5.75 Å². The van der Waals surface area contributed by atoms with Crippen molar-refractivity contribution in [1.82, 2.24) is 4.90 Å². The zero-order chi connectivity index (χ0) is 20.9. The van der Waals surface area contributed by atoms with Crippen LogP contribution in [0.1, 0.15) is 37.8 Å². The Bertz CT molecular complexity index is 829. The normalized spacial score (nSPS) is 21.2. The van der Waals surface area contributed by atoms with Gasteiger partial charge in [-0.1, -0.05) is 53.2 Å². The van der Waals surface area contributed by atoms with Gasteiger partial charge in [-0.15, -0.1) is 0 Å². The maximum Gasteiger partial charge on any atom is 0.412 e. The second-order valence-electron chi connectivity index (χ2n) is 7.31. The zero-order valence-electron chi connectivity index (χ0n) is 16.9.